The lowest BCUT2D eigenvalue weighted by Gasteiger charge is -2.30. The average molecular weight is 298 g/mol. The summed E-state index contributed by atoms with van der Waals surface area (Å²) in [6.45, 7) is 2.61. The number of nitrogens with zero attached hydrogens (tertiary/aromatic N) is 2. The lowest BCUT2D eigenvalue weighted by Crippen LogP contribution is -2.42. The first-order chi connectivity index (χ1) is 10.8. The molecule has 2 aromatic rings. The van der Waals surface area contributed by atoms with Gasteiger partial charge in [-0.15, -0.1) is 0 Å². The van der Waals surface area contributed by atoms with Gasteiger partial charge in [0.1, 0.15) is 0 Å². The van der Waals surface area contributed by atoms with Gasteiger partial charge in [-0.3, -0.25) is 9.88 Å². The summed E-state index contributed by atoms with van der Waals surface area (Å²) in [7, 11) is 1.80. The topological polar surface area (TPSA) is 34.6 Å². The molecule has 0 amide bonds. The Morgan fingerprint density at radius 2 is 2.14 bits per heavy atom. The van der Waals surface area contributed by atoms with E-state index in [1.165, 1.54) is 5.39 Å². The van der Waals surface area contributed by atoms with Crippen LogP contribution in [-0.2, 0) is 16.0 Å². The van der Waals surface area contributed by atoms with Crippen LogP contribution >= 0.6 is 0 Å². The third kappa shape index (κ3) is 2.51. The summed E-state index contributed by atoms with van der Waals surface area (Å²) in [6.07, 6.45) is 2.72. The minimum Gasteiger partial charge on any atom is -0.377 e. The van der Waals surface area contributed by atoms with Crippen LogP contribution in [0.2, 0.25) is 0 Å². The molecule has 3 atom stereocenters. The van der Waals surface area contributed by atoms with Crippen molar-refractivity contribution in [3.63, 3.8) is 0 Å². The molecular weight excluding hydrogens is 276 g/mol. The van der Waals surface area contributed by atoms with Gasteiger partial charge in [0.15, 0.2) is 0 Å². The van der Waals surface area contributed by atoms with E-state index in [2.05, 4.69) is 35.2 Å². The maximum absolute atomic E-state index is 5.95. The van der Waals surface area contributed by atoms with Crippen molar-refractivity contribution in [3.8, 4) is 0 Å². The molecule has 116 valence electrons. The first-order valence-electron chi connectivity index (χ1n) is 8.08. The van der Waals surface area contributed by atoms with Gasteiger partial charge >= 0.3 is 0 Å². The molecule has 1 aromatic heterocycles. The van der Waals surface area contributed by atoms with Crippen LogP contribution in [0.5, 0.6) is 0 Å². The zero-order valence-corrected chi connectivity index (χ0v) is 12.9. The summed E-state index contributed by atoms with van der Waals surface area (Å²) in [4.78, 5) is 7.29. The van der Waals surface area contributed by atoms with E-state index in [4.69, 9.17) is 14.5 Å². The van der Waals surface area contributed by atoms with Crippen LogP contribution < -0.4 is 0 Å². The summed E-state index contributed by atoms with van der Waals surface area (Å²) in [5, 5.41) is 1.20. The molecule has 0 spiro atoms. The van der Waals surface area contributed by atoms with Gasteiger partial charge in [0, 0.05) is 31.6 Å². The molecule has 1 aromatic carbocycles. The van der Waals surface area contributed by atoms with Crippen LogP contribution in [0.25, 0.3) is 10.9 Å². The Morgan fingerprint density at radius 1 is 1.23 bits per heavy atom. The monoisotopic (exact) mass is 298 g/mol. The third-order valence-corrected chi connectivity index (χ3v) is 4.97. The molecule has 3 unspecified atom stereocenters. The average Bonchev–Trinajstić information content (AvgIpc) is 2.87. The van der Waals surface area contributed by atoms with Crippen LogP contribution in [0.3, 0.4) is 0 Å². The van der Waals surface area contributed by atoms with E-state index in [0.717, 1.165) is 43.7 Å². The highest BCUT2D eigenvalue weighted by Gasteiger charge is 2.42. The molecule has 2 fully saturated rings. The van der Waals surface area contributed by atoms with E-state index in [1.807, 2.05) is 6.07 Å². The Labute approximate surface area is 131 Å². The highest BCUT2D eigenvalue weighted by atomic mass is 16.5. The maximum Gasteiger partial charge on any atom is 0.0987 e. The summed E-state index contributed by atoms with van der Waals surface area (Å²) in [5.41, 5.74) is 2.19. The van der Waals surface area contributed by atoms with Crippen molar-refractivity contribution in [2.45, 2.75) is 37.6 Å². The number of methoxy groups -OCH3 is 1. The second-order valence-electron chi connectivity index (χ2n) is 6.22. The summed E-state index contributed by atoms with van der Waals surface area (Å²) in [6, 6.07) is 13.0. The second kappa shape index (κ2) is 5.95. The Bertz CT molecular complexity index is 660. The van der Waals surface area contributed by atoms with Gasteiger partial charge in [0.25, 0.3) is 0 Å². The SMILES string of the molecule is COC1C2CCC1N(Cc1ccc3ccccc3n1)CCO2. The predicted octanol–water partition coefficient (Wildman–Crippen LogP) is 2.61. The zero-order chi connectivity index (χ0) is 14.9. The van der Waals surface area contributed by atoms with Crippen molar-refractivity contribution in [3.05, 3.63) is 42.1 Å². The van der Waals surface area contributed by atoms with E-state index in [9.17, 15) is 0 Å². The predicted molar refractivity (Wildman–Crippen MR) is 85.7 cm³/mol. The van der Waals surface area contributed by atoms with E-state index >= 15 is 0 Å². The van der Waals surface area contributed by atoms with Gasteiger partial charge in [-0.25, -0.2) is 0 Å². The van der Waals surface area contributed by atoms with E-state index in [1.54, 1.807) is 7.11 Å². The van der Waals surface area contributed by atoms with Gasteiger partial charge in [0.2, 0.25) is 0 Å². The minimum atomic E-state index is 0.197. The van der Waals surface area contributed by atoms with Crippen LogP contribution in [-0.4, -0.2) is 48.4 Å². The van der Waals surface area contributed by atoms with Crippen molar-refractivity contribution in [2.75, 3.05) is 20.3 Å². The van der Waals surface area contributed by atoms with Crippen LogP contribution in [0, 0.1) is 0 Å². The van der Waals surface area contributed by atoms with Crippen LogP contribution in [0.4, 0.5) is 0 Å². The highest BCUT2D eigenvalue weighted by molar-refractivity contribution is 5.78. The van der Waals surface area contributed by atoms with Crippen molar-refractivity contribution < 1.29 is 9.47 Å². The molecule has 22 heavy (non-hydrogen) atoms. The molecule has 0 N–H and O–H groups in total. The Hall–Kier alpha value is -1.49. The number of rotatable bonds is 3. The van der Waals surface area contributed by atoms with Gasteiger partial charge in [-0.2, -0.15) is 0 Å². The van der Waals surface area contributed by atoms with Crippen molar-refractivity contribution in [1.82, 2.24) is 9.88 Å². The van der Waals surface area contributed by atoms with Gasteiger partial charge in [-0.1, -0.05) is 24.3 Å². The number of aromatic nitrogens is 1. The number of benzene rings is 1. The number of para-hydroxylation sites is 1. The number of hydrogen-bond donors (Lipinski definition) is 0. The molecular formula is C18H22N2O2. The van der Waals surface area contributed by atoms with Crippen molar-refractivity contribution in [1.29, 1.82) is 0 Å². The Balaban J connectivity index is 1.58. The summed E-state index contributed by atoms with van der Waals surface area (Å²) in [5.74, 6) is 0. The standard InChI is InChI=1S/C18H22N2O2/c1-21-18-16-8-9-17(18)22-11-10-20(16)12-14-7-6-13-4-2-3-5-15(13)19-14/h2-7,16-18H,8-12H2,1H3. The number of ether oxygens (including phenoxy) is 2. The van der Waals surface area contributed by atoms with Gasteiger partial charge in [-0.05, 0) is 25.0 Å². The first kappa shape index (κ1) is 14.1. The largest absolute Gasteiger partial charge is 0.377 e. The lowest BCUT2D eigenvalue weighted by molar-refractivity contribution is -0.0326. The Morgan fingerprint density at radius 3 is 3.05 bits per heavy atom. The van der Waals surface area contributed by atoms with E-state index in [0.29, 0.717) is 6.04 Å². The fraction of sp³-hybridized carbons (Fsp3) is 0.500. The van der Waals surface area contributed by atoms with Crippen LogP contribution in [0.15, 0.2) is 36.4 Å². The second-order valence-corrected chi connectivity index (χ2v) is 6.22. The van der Waals surface area contributed by atoms with Crippen molar-refractivity contribution in [2.24, 2.45) is 0 Å². The fourth-order valence-electron chi connectivity index (χ4n) is 3.88. The molecule has 2 bridgehead atoms. The zero-order valence-electron chi connectivity index (χ0n) is 12.9. The third-order valence-electron chi connectivity index (χ3n) is 4.97. The van der Waals surface area contributed by atoms with E-state index < -0.39 is 0 Å². The molecule has 4 rings (SSSR count). The van der Waals surface area contributed by atoms with Gasteiger partial charge in [0.05, 0.1) is 30.0 Å². The van der Waals surface area contributed by atoms with Crippen molar-refractivity contribution >= 4 is 10.9 Å². The molecule has 2 aliphatic rings. The lowest BCUT2D eigenvalue weighted by atomic mass is 10.1. The quantitative estimate of drug-likeness (QED) is 0.872. The smallest absolute Gasteiger partial charge is 0.0987 e. The fourth-order valence-corrected chi connectivity index (χ4v) is 3.88. The Kier molecular flexibility index (Phi) is 3.82. The summed E-state index contributed by atoms with van der Waals surface area (Å²) >= 11 is 0. The molecule has 1 saturated heterocycles. The molecule has 4 heteroatoms. The maximum atomic E-state index is 5.95. The van der Waals surface area contributed by atoms with E-state index in [-0.39, 0.29) is 12.2 Å². The minimum absolute atomic E-state index is 0.197. The number of pyridine rings is 1. The highest BCUT2D eigenvalue weighted by Crippen LogP contribution is 2.32. The summed E-state index contributed by atoms with van der Waals surface area (Å²) < 4.78 is 11.7. The molecule has 0 radical (unpaired) electrons. The normalized spacial score (nSPS) is 28.9. The molecule has 4 nitrogen and oxygen atoms in total. The van der Waals surface area contributed by atoms with Gasteiger partial charge < -0.3 is 9.47 Å². The first-order valence-corrected chi connectivity index (χ1v) is 8.08. The molecule has 1 aliphatic carbocycles. The molecule has 2 heterocycles. The number of fused-ring (bicyclic) bond motifs is 3. The molecule has 1 saturated carbocycles. The van der Waals surface area contributed by atoms with Crippen LogP contribution in [0.1, 0.15) is 18.5 Å². The number of hydrogen-bond acceptors (Lipinski definition) is 4. The molecule has 1 aliphatic heterocycles.